The highest BCUT2D eigenvalue weighted by Gasteiger charge is 2.31. The number of hydrogen-bond acceptors (Lipinski definition) is 5. The molecule has 0 saturated carbocycles. The van der Waals surface area contributed by atoms with E-state index in [1.54, 1.807) is 19.1 Å². The van der Waals surface area contributed by atoms with Gasteiger partial charge in [0.1, 0.15) is 22.5 Å². The van der Waals surface area contributed by atoms with Crippen LogP contribution in [0.2, 0.25) is 0 Å². The summed E-state index contributed by atoms with van der Waals surface area (Å²) < 4.78 is 43.6. The maximum Gasteiger partial charge on any atom is 0.416 e. The maximum atomic E-state index is 12.9. The van der Waals surface area contributed by atoms with Crippen molar-refractivity contribution in [1.29, 1.82) is 0 Å². The molecule has 1 aromatic heterocycles. The number of fused-ring (bicyclic) bond motifs is 1. The lowest BCUT2D eigenvalue weighted by atomic mass is 10.1. The van der Waals surface area contributed by atoms with E-state index < -0.39 is 11.7 Å². The number of esters is 1. The number of carbonyl (C=O) groups is 1. The van der Waals surface area contributed by atoms with E-state index in [1.165, 1.54) is 12.1 Å². The van der Waals surface area contributed by atoms with E-state index in [0.717, 1.165) is 22.5 Å². The highest BCUT2D eigenvalue weighted by Crippen LogP contribution is 2.31. The summed E-state index contributed by atoms with van der Waals surface area (Å²) in [6, 6.07) is 7.94. The van der Waals surface area contributed by atoms with Crippen LogP contribution < -0.4 is 0 Å². The molecule has 1 N–H and O–H groups in total. The molecule has 28 heavy (non-hydrogen) atoms. The van der Waals surface area contributed by atoms with E-state index in [2.05, 4.69) is 10.2 Å². The summed E-state index contributed by atoms with van der Waals surface area (Å²) in [5, 5.41) is 18.3. The van der Waals surface area contributed by atoms with Crippen LogP contribution in [0, 0.1) is 0 Å². The van der Waals surface area contributed by atoms with Gasteiger partial charge in [0.2, 0.25) is 0 Å². The number of phenols is 1. The zero-order valence-corrected chi connectivity index (χ0v) is 15.0. The molecule has 0 unspecified atom stereocenters. The summed E-state index contributed by atoms with van der Waals surface area (Å²) in [6.45, 7) is 2.00. The highest BCUT2D eigenvalue weighted by molar-refractivity contribution is 5.75. The van der Waals surface area contributed by atoms with E-state index in [0.29, 0.717) is 19.3 Å². The van der Waals surface area contributed by atoms with E-state index in [1.807, 2.05) is 0 Å². The molecule has 0 bridgehead atoms. The second-order valence-electron chi connectivity index (χ2n) is 6.19. The Labute approximate surface area is 158 Å². The number of ether oxygens (including phenoxy) is 1. The lowest BCUT2D eigenvalue weighted by Gasteiger charge is -2.07. The van der Waals surface area contributed by atoms with Crippen molar-refractivity contribution in [3.8, 4) is 11.4 Å². The quantitative estimate of drug-likeness (QED) is 0.505. The van der Waals surface area contributed by atoms with Gasteiger partial charge in [-0.15, -0.1) is 15.0 Å². The minimum Gasteiger partial charge on any atom is -0.506 e. The molecular formula is C19H18F3N3O3. The lowest BCUT2D eigenvalue weighted by molar-refractivity contribution is -0.143. The summed E-state index contributed by atoms with van der Waals surface area (Å²) in [4.78, 5) is 12.2. The standard InChI is InChI=1S/C19H18F3N3O3/c1-2-18(27)28-9-3-4-12-5-8-17(26)16(10-12)25-23-14-7-6-13(19(20,21)22)11-15(14)24-25/h5-8,10-11,26H,2-4,9H2,1H3. The van der Waals surface area contributed by atoms with Crippen molar-refractivity contribution >= 4 is 17.0 Å². The molecule has 6 nitrogen and oxygen atoms in total. The molecule has 3 aromatic rings. The third-order valence-corrected chi connectivity index (χ3v) is 4.12. The van der Waals surface area contributed by atoms with Crippen molar-refractivity contribution in [2.45, 2.75) is 32.4 Å². The second kappa shape index (κ2) is 7.87. The number of phenolic OH excluding ortho intramolecular Hbond substituents is 1. The van der Waals surface area contributed by atoms with Gasteiger partial charge in [-0.1, -0.05) is 13.0 Å². The Morgan fingerprint density at radius 1 is 1.14 bits per heavy atom. The predicted octanol–water partition coefficient (Wildman–Crippen LogP) is 4.03. The van der Waals surface area contributed by atoms with Crippen LogP contribution in [-0.4, -0.2) is 32.7 Å². The van der Waals surface area contributed by atoms with E-state index in [9.17, 15) is 23.1 Å². The van der Waals surface area contributed by atoms with Gasteiger partial charge in [0.15, 0.2) is 0 Å². The first-order chi connectivity index (χ1) is 13.3. The summed E-state index contributed by atoms with van der Waals surface area (Å²) in [5.41, 5.74) is 0.646. The number of halogens is 3. The topological polar surface area (TPSA) is 77.2 Å². The maximum absolute atomic E-state index is 12.9. The smallest absolute Gasteiger partial charge is 0.416 e. The number of benzene rings is 2. The molecule has 0 atom stereocenters. The Hall–Kier alpha value is -3.10. The van der Waals surface area contributed by atoms with Gasteiger partial charge in [-0.05, 0) is 48.7 Å². The number of aryl methyl sites for hydroxylation is 1. The van der Waals surface area contributed by atoms with E-state index in [-0.39, 0.29) is 35.0 Å². The van der Waals surface area contributed by atoms with Crippen molar-refractivity contribution < 1.29 is 27.8 Å². The van der Waals surface area contributed by atoms with Crippen LogP contribution in [0.4, 0.5) is 13.2 Å². The molecule has 0 aliphatic heterocycles. The Morgan fingerprint density at radius 2 is 1.89 bits per heavy atom. The van der Waals surface area contributed by atoms with Gasteiger partial charge in [-0.2, -0.15) is 13.2 Å². The average molecular weight is 393 g/mol. The van der Waals surface area contributed by atoms with Crippen LogP contribution in [0.15, 0.2) is 36.4 Å². The van der Waals surface area contributed by atoms with Crippen LogP contribution >= 0.6 is 0 Å². The predicted molar refractivity (Wildman–Crippen MR) is 95.1 cm³/mol. The number of alkyl halides is 3. The molecule has 9 heteroatoms. The molecule has 3 rings (SSSR count). The molecule has 0 saturated heterocycles. The van der Waals surface area contributed by atoms with Gasteiger partial charge in [-0.25, -0.2) is 0 Å². The third kappa shape index (κ3) is 4.41. The molecular weight excluding hydrogens is 375 g/mol. The minimum atomic E-state index is -4.47. The minimum absolute atomic E-state index is 0.0751. The molecule has 0 radical (unpaired) electrons. The number of aromatic nitrogens is 3. The molecule has 0 aliphatic carbocycles. The Morgan fingerprint density at radius 3 is 2.61 bits per heavy atom. The number of nitrogens with zero attached hydrogens (tertiary/aromatic N) is 3. The normalized spacial score (nSPS) is 11.7. The van der Waals surface area contributed by atoms with E-state index >= 15 is 0 Å². The van der Waals surface area contributed by atoms with Crippen molar-refractivity contribution in [2.24, 2.45) is 0 Å². The van der Waals surface area contributed by atoms with Crippen LogP contribution in [0.5, 0.6) is 5.75 Å². The van der Waals surface area contributed by atoms with Gasteiger partial charge in [0.25, 0.3) is 0 Å². The van der Waals surface area contributed by atoms with Crippen LogP contribution in [0.25, 0.3) is 16.7 Å². The van der Waals surface area contributed by atoms with Gasteiger partial charge in [0, 0.05) is 6.42 Å². The summed E-state index contributed by atoms with van der Waals surface area (Å²) in [6.07, 6.45) is -2.97. The summed E-state index contributed by atoms with van der Waals surface area (Å²) >= 11 is 0. The molecule has 0 amide bonds. The fraction of sp³-hybridized carbons (Fsp3) is 0.316. The first-order valence-corrected chi connectivity index (χ1v) is 8.70. The van der Waals surface area contributed by atoms with Crippen LogP contribution in [-0.2, 0) is 22.1 Å². The highest BCUT2D eigenvalue weighted by atomic mass is 19.4. The van der Waals surface area contributed by atoms with E-state index in [4.69, 9.17) is 4.74 Å². The lowest BCUT2D eigenvalue weighted by Crippen LogP contribution is -2.05. The van der Waals surface area contributed by atoms with Crippen molar-refractivity contribution in [3.05, 3.63) is 47.5 Å². The molecule has 0 fully saturated rings. The first-order valence-electron chi connectivity index (χ1n) is 8.70. The van der Waals surface area contributed by atoms with Gasteiger partial charge >= 0.3 is 12.1 Å². The zero-order valence-electron chi connectivity index (χ0n) is 15.0. The Kier molecular flexibility index (Phi) is 5.53. The molecule has 0 spiro atoms. The van der Waals surface area contributed by atoms with Gasteiger partial charge < -0.3 is 9.84 Å². The van der Waals surface area contributed by atoms with Gasteiger partial charge in [-0.3, -0.25) is 4.79 Å². The first kappa shape index (κ1) is 19.7. The Balaban J connectivity index is 1.81. The Bertz CT molecular complexity index is 999. The van der Waals surface area contributed by atoms with Gasteiger partial charge in [0.05, 0.1) is 12.2 Å². The molecule has 0 aliphatic rings. The largest absolute Gasteiger partial charge is 0.506 e. The second-order valence-corrected chi connectivity index (χ2v) is 6.19. The van der Waals surface area contributed by atoms with Crippen molar-refractivity contribution in [2.75, 3.05) is 6.61 Å². The molecule has 1 heterocycles. The number of hydrogen-bond donors (Lipinski definition) is 1. The van der Waals surface area contributed by atoms with Crippen LogP contribution in [0.1, 0.15) is 30.9 Å². The van der Waals surface area contributed by atoms with Crippen molar-refractivity contribution in [1.82, 2.24) is 15.0 Å². The third-order valence-electron chi connectivity index (χ3n) is 4.12. The van der Waals surface area contributed by atoms with Crippen LogP contribution in [0.3, 0.4) is 0 Å². The number of aromatic hydroxyl groups is 1. The number of carbonyl (C=O) groups excluding carboxylic acids is 1. The summed E-state index contributed by atoms with van der Waals surface area (Å²) in [5.74, 6) is -0.366. The van der Waals surface area contributed by atoms with Crippen molar-refractivity contribution in [3.63, 3.8) is 0 Å². The summed E-state index contributed by atoms with van der Waals surface area (Å²) in [7, 11) is 0. The fourth-order valence-corrected chi connectivity index (χ4v) is 2.65. The fourth-order valence-electron chi connectivity index (χ4n) is 2.65. The zero-order chi connectivity index (χ0) is 20.3. The number of rotatable bonds is 6. The monoisotopic (exact) mass is 393 g/mol. The molecule has 148 valence electrons. The molecule has 2 aromatic carbocycles. The SMILES string of the molecule is CCC(=O)OCCCc1ccc(O)c(-n2nc3ccc(C(F)(F)F)cc3n2)c1. The average Bonchev–Trinajstić information content (AvgIpc) is 3.08.